The fourth-order valence-corrected chi connectivity index (χ4v) is 4.32. The summed E-state index contributed by atoms with van der Waals surface area (Å²) in [5.41, 5.74) is 2.50. The van der Waals surface area contributed by atoms with Crippen molar-refractivity contribution in [2.45, 2.75) is 32.3 Å². The second kappa shape index (κ2) is 9.13. The summed E-state index contributed by atoms with van der Waals surface area (Å²) in [4.78, 5) is 25.0. The number of benzene rings is 2. The summed E-state index contributed by atoms with van der Waals surface area (Å²) >= 11 is 1.52. The maximum atomic E-state index is 14.2. The smallest absolute Gasteiger partial charge is 0.354 e. The molecule has 0 fully saturated rings. The minimum absolute atomic E-state index is 0.129. The number of hydrazone groups is 1. The van der Waals surface area contributed by atoms with Crippen molar-refractivity contribution in [3.63, 3.8) is 0 Å². The zero-order valence-corrected chi connectivity index (χ0v) is 18.2. The van der Waals surface area contributed by atoms with Crippen LogP contribution >= 0.6 is 11.3 Å². The second-order valence-corrected chi connectivity index (χ2v) is 8.31. The largest absolute Gasteiger partial charge is 0.460 e. The zero-order chi connectivity index (χ0) is 22.8. The molecule has 0 saturated heterocycles. The van der Waals surface area contributed by atoms with Gasteiger partial charge in [-0.3, -0.25) is 4.79 Å². The molecule has 0 bridgehead atoms. The Morgan fingerprint density at radius 3 is 2.85 bits per heavy atom. The predicted molar refractivity (Wildman–Crippen MR) is 119 cm³/mol. The van der Waals surface area contributed by atoms with Crippen LogP contribution in [0.15, 0.2) is 64.4 Å². The van der Waals surface area contributed by atoms with Crippen LogP contribution in [-0.2, 0) is 32.3 Å². The van der Waals surface area contributed by atoms with E-state index in [0.29, 0.717) is 22.6 Å². The van der Waals surface area contributed by atoms with Crippen molar-refractivity contribution in [3.8, 4) is 5.75 Å². The number of fused-ring (bicyclic) bond motifs is 1. The molecular formula is C24H19FN2O5S. The van der Waals surface area contributed by atoms with Gasteiger partial charge in [-0.05, 0) is 35.7 Å². The summed E-state index contributed by atoms with van der Waals surface area (Å²) in [5.74, 6) is -0.900. The van der Waals surface area contributed by atoms with Gasteiger partial charge in [0.2, 0.25) is 12.2 Å². The van der Waals surface area contributed by atoms with Crippen LogP contribution < -0.4 is 9.75 Å². The number of amides is 1. The molecule has 0 saturated carbocycles. The second-order valence-electron chi connectivity index (χ2n) is 7.53. The first-order valence-electron chi connectivity index (χ1n) is 10.3. The fourth-order valence-electron chi connectivity index (χ4n) is 3.66. The number of carbonyl (C=O) groups is 2. The molecular weight excluding hydrogens is 447 g/mol. The lowest BCUT2D eigenvalue weighted by molar-refractivity contribution is -0.137. The third-order valence-corrected chi connectivity index (χ3v) is 5.97. The van der Waals surface area contributed by atoms with E-state index in [9.17, 15) is 14.0 Å². The van der Waals surface area contributed by atoms with E-state index in [4.69, 9.17) is 14.2 Å². The number of nitrogens with zero attached hydrogens (tertiary/aromatic N) is 2. The first-order valence-corrected chi connectivity index (χ1v) is 11.3. The molecule has 2 aliphatic rings. The maximum absolute atomic E-state index is 14.2. The van der Waals surface area contributed by atoms with Gasteiger partial charge in [0, 0.05) is 34.9 Å². The van der Waals surface area contributed by atoms with Crippen molar-refractivity contribution in [1.29, 1.82) is 0 Å². The Bertz CT molecular complexity index is 1210. The molecule has 3 heterocycles. The van der Waals surface area contributed by atoms with Gasteiger partial charge in [-0.1, -0.05) is 18.2 Å². The zero-order valence-electron chi connectivity index (χ0n) is 17.4. The van der Waals surface area contributed by atoms with Gasteiger partial charge in [-0.15, -0.1) is 0 Å². The highest BCUT2D eigenvalue weighted by atomic mass is 32.1. The minimum Gasteiger partial charge on any atom is -0.460 e. The predicted octanol–water partition coefficient (Wildman–Crippen LogP) is 4.72. The normalized spacial score (nSPS) is 17.7. The number of esters is 1. The van der Waals surface area contributed by atoms with E-state index in [-0.39, 0.29) is 37.7 Å². The summed E-state index contributed by atoms with van der Waals surface area (Å²) in [6, 6.07) is 13.4. The molecule has 3 aromatic rings. The lowest BCUT2D eigenvalue weighted by atomic mass is 10.1. The summed E-state index contributed by atoms with van der Waals surface area (Å²) in [5, 5.41) is 9.23. The molecule has 0 unspecified atom stereocenters. The van der Waals surface area contributed by atoms with Crippen LogP contribution in [0, 0.1) is 5.82 Å². The van der Waals surface area contributed by atoms with Gasteiger partial charge in [0.05, 0.1) is 12.3 Å². The molecule has 9 heteroatoms. The Morgan fingerprint density at radius 2 is 2.06 bits per heavy atom. The first kappa shape index (κ1) is 21.3. The number of rotatable bonds is 5. The van der Waals surface area contributed by atoms with E-state index < -0.39 is 18.1 Å². The van der Waals surface area contributed by atoms with Crippen molar-refractivity contribution < 1.29 is 28.2 Å². The van der Waals surface area contributed by atoms with E-state index in [1.54, 1.807) is 24.3 Å². The van der Waals surface area contributed by atoms with Crippen LogP contribution in [0.5, 0.6) is 5.75 Å². The maximum Gasteiger partial charge on any atom is 0.354 e. The van der Waals surface area contributed by atoms with Crippen LogP contribution in [0.3, 0.4) is 0 Å². The molecule has 1 aromatic heterocycles. The van der Waals surface area contributed by atoms with Crippen LogP contribution in [0.4, 0.5) is 10.1 Å². The Kier molecular flexibility index (Phi) is 5.89. The van der Waals surface area contributed by atoms with E-state index in [0.717, 1.165) is 5.56 Å². The number of halogens is 1. The van der Waals surface area contributed by atoms with Crippen LogP contribution in [0.1, 0.15) is 35.8 Å². The van der Waals surface area contributed by atoms with Crippen molar-refractivity contribution in [2.24, 2.45) is 5.10 Å². The van der Waals surface area contributed by atoms with Crippen LogP contribution in [0.25, 0.3) is 0 Å². The minimum atomic E-state index is -0.664. The number of anilines is 1. The monoisotopic (exact) mass is 466 g/mol. The Morgan fingerprint density at radius 1 is 1.21 bits per heavy atom. The summed E-state index contributed by atoms with van der Waals surface area (Å²) in [7, 11) is 0. The van der Waals surface area contributed by atoms with Gasteiger partial charge < -0.3 is 14.2 Å². The molecule has 7 nitrogen and oxygen atoms in total. The lowest BCUT2D eigenvalue weighted by Gasteiger charge is -2.28. The highest BCUT2D eigenvalue weighted by molar-refractivity contribution is 7.07. The van der Waals surface area contributed by atoms with Crippen LogP contribution in [-0.4, -0.2) is 17.6 Å². The number of carbonyl (C=O) groups excluding carboxylic acids is 2. The molecule has 1 amide bonds. The highest BCUT2D eigenvalue weighted by Gasteiger charge is 2.28. The Balaban J connectivity index is 1.33. The fraction of sp³-hybridized carbons (Fsp3) is 0.208. The number of hydrogen-bond acceptors (Lipinski definition) is 7. The molecule has 0 radical (unpaired) electrons. The molecule has 2 aliphatic heterocycles. The third kappa shape index (κ3) is 4.50. The van der Waals surface area contributed by atoms with Gasteiger partial charge >= 0.3 is 5.97 Å². The molecule has 0 spiro atoms. The molecule has 1 atom stereocenters. The standard InChI is InChI=1S/C24H19FN2O5S/c25-18-10-16(22-17(11-18)13-31-24(32-22)15-8-9-33-14-15)12-30-23(29)20-6-7-21(28)27(26-20)19-4-2-1-3-5-19/h1-5,8-11,14,24H,6-7,12-13H2/t24-/m1/s1. The summed E-state index contributed by atoms with van der Waals surface area (Å²) in [6.07, 6.45) is -0.301. The average Bonchev–Trinajstić information content (AvgIpc) is 3.38. The molecule has 0 aliphatic carbocycles. The molecule has 5 rings (SSSR count). The average molecular weight is 466 g/mol. The topological polar surface area (TPSA) is 77.4 Å². The third-order valence-electron chi connectivity index (χ3n) is 5.27. The molecule has 168 valence electrons. The molecule has 0 N–H and O–H groups in total. The lowest BCUT2D eigenvalue weighted by Crippen LogP contribution is -2.34. The van der Waals surface area contributed by atoms with Gasteiger partial charge in [-0.2, -0.15) is 16.4 Å². The van der Waals surface area contributed by atoms with Crippen molar-refractivity contribution >= 4 is 34.6 Å². The molecule has 33 heavy (non-hydrogen) atoms. The van der Waals surface area contributed by atoms with E-state index >= 15 is 0 Å². The number of thiophene rings is 1. The quantitative estimate of drug-likeness (QED) is 0.509. The van der Waals surface area contributed by atoms with Crippen molar-refractivity contribution in [1.82, 2.24) is 0 Å². The van der Waals surface area contributed by atoms with Gasteiger partial charge in [0.15, 0.2) is 0 Å². The van der Waals surface area contributed by atoms with Crippen molar-refractivity contribution in [3.05, 3.63) is 81.8 Å². The highest BCUT2D eigenvalue weighted by Crippen LogP contribution is 2.37. The van der Waals surface area contributed by atoms with Crippen molar-refractivity contribution in [2.75, 3.05) is 5.01 Å². The first-order chi connectivity index (χ1) is 16.1. The van der Waals surface area contributed by atoms with E-state index in [2.05, 4.69) is 5.10 Å². The van der Waals surface area contributed by atoms with E-state index in [1.807, 2.05) is 22.9 Å². The Hall–Kier alpha value is -3.56. The van der Waals surface area contributed by atoms with Gasteiger partial charge in [0.1, 0.15) is 23.9 Å². The Labute approximate surface area is 193 Å². The molecule has 2 aromatic carbocycles. The SMILES string of the molecule is O=C(OCc1cc(F)cc2c1O[C@H](c1ccsc1)OC2)C1=NN(c2ccccc2)C(=O)CC1. The van der Waals surface area contributed by atoms with Gasteiger partial charge in [0.25, 0.3) is 0 Å². The van der Waals surface area contributed by atoms with Crippen LogP contribution in [0.2, 0.25) is 0 Å². The van der Waals surface area contributed by atoms with Gasteiger partial charge in [-0.25, -0.2) is 14.2 Å². The summed E-state index contributed by atoms with van der Waals surface area (Å²) in [6.45, 7) is -0.0248. The number of ether oxygens (including phenoxy) is 3. The van der Waals surface area contributed by atoms with E-state index in [1.165, 1.54) is 28.5 Å². The number of para-hydroxylation sites is 1. The summed E-state index contributed by atoms with van der Waals surface area (Å²) < 4.78 is 31.3. The number of hydrogen-bond donors (Lipinski definition) is 0.